The van der Waals surface area contributed by atoms with E-state index in [1.165, 1.54) is 0 Å². The lowest BCUT2D eigenvalue weighted by molar-refractivity contribution is 0.476. The molecule has 8 heteroatoms. The lowest BCUT2D eigenvalue weighted by Gasteiger charge is -2.06. The van der Waals surface area contributed by atoms with E-state index in [9.17, 15) is 5.11 Å². The van der Waals surface area contributed by atoms with Gasteiger partial charge in [0, 0.05) is 0 Å². The van der Waals surface area contributed by atoms with Gasteiger partial charge in [-0.25, -0.2) is 0 Å². The van der Waals surface area contributed by atoms with E-state index < -0.39 is 0 Å². The average Bonchev–Trinajstić information content (AvgIpc) is 2.24. The molecule has 0 atom stereocenters. The maximum absolute atomic E-state index is 9.20. The van der Waals surface area contributed by atoms with Crippen LogP contribution in [-0.4, -0.2) is 20.4 Å². The van der Waals surface area contributed by atoms with Crippen molar-refractivity contribution in [2.75, 3.05) is 0 Å². The van der Waals surface area contributed by atoms with Crippen molar-refractivity contribution < 1.29 is 9.90 Å². The maximum Gasteiger partial charge on any atom is 0.155 e. The summed E-state index contributed by atoms with van der Waals surface area (Å²) in [4.78, 5) is 7.14. The van der Waals surface area contributed by atoms with Crippen LogP contribution in [0.4, 0.5) is 0 Å². The molecule has 0 radical (unpaired) electrons. The zero-order valence-corrected chi connectivity index (χ0v) is 12.6. The third-order valence-electron chi connectivity index (χ3n) is 1.19. The number of hydrogen-bond donors (Lipinski definition) is 2. The van der Waals surface area contributed by atoms with Crippen LogP contribution in [0, 0.1) is 0 Å². The molecule has 0 aliphatic carbocycles. The Labute approximate surface area is 109 Å². The Morgan fingerprint density at radius 2 is 0.857 bits per heavy atom. The molecule has 2 nitrogen and oxygen atoms in total. The van der Waals surface area contributed by atoms with Crippen molar-refractivity contribution in [1.29, 1.82) is 0 Å². The molecule has 0 fully saturated rings. The minimum absolute atomic E-state index is 0.00904. The maximum atomic E-state index is 9.20. The molecule has 1 aromatic rings. The van der Waals surface area contributed by atoms with E-state index in [0.717, 1.165) is 0 Å². The summed E-state index contributed by atoms with van der Waals surface area (Å²) in [7, 11) is 0.306. The molecule has 0 aromatic heterocycles. The van der Waals surface area contributed by atoms with Crippen molar-refractivity contribution in [3.8, 4) is 5.75 Å². The third kappa shape index (κ3) is 2.82. The van der Waals surface area contributed by atoms with Crippen LogP contribution in [0.2, 0.25) is 25.1 Å². The summed E-state index contributed by atoms with van der Waals surface area (Å²) in [6.07, 6.45) is 0. The summed E-state index contributed by atoms with van der Waals surface area (Å²) in [5, 5.41) is 9.01. The van der Waals surface area contributed by atoms with Gasteiger partial charge in [-0.3, -0.25) is 0 Å². The Bertz CT molecular complexity index is 238. The molecular weight excluding hydrogens is 309 g/mol. The van der Waals surface area contributed by atoms with E-state index >= 15 is 0 Å². The Morgan fingerprint density at radius 3 is 1.14 bits per heavy atom. The average molecular weight is 314 g/mol. The monoisotopic (exact) mass is 312 g/mol. The van der Waals surface area contributed by atoms with Crippen LogP contribution in [0.1, 0.15) is 0 Å². The molecule has 0 aliphatic rings. The number of rotatable bonds is 0. The second kappa shape index (κ2) is 6.28. The van der Waals surface area contributed by atoms with Gasteiger partial charge in [0.05, 0.1) is 15.1 Å². The van der Waals surface area contributed by atoms with Crippen LogP contribution in [0.15, 0.2) is 0 Å². The lowest BCUT2D eigenvalue weighted by atomic mass is 10.3. The van der Waals surface area contributed by atoms with Gasteiger partial charge < -0.3 is 9.90 Å². The molecule has 1 rings (SSSR count). The molecule has 80 valence electrons. The van der Waals surface area contributed by atoms with Crippen molar-refractivity contribution in [1.82, 2.24) is 0 Å². The van der Waals surface area contributed by atoms with Crippen molar-refractivity contribution in [2.45, 2.75) is 0 Å². The van der Waals surface area contributed by atoms with Gasteiger partial charge in [-0.1, -0.05) is 58.0 Å². The number of phenolic OH excluding ortho intramolecular Hbond substituents is 1. The highest BCUT2D eigenvalue weighted by molar-refractivity contribution is 6.55. The second-order valence-corrected chi connectivity index (χ2v) is 3.81. The molecular formula is C6H5Cl5O2Si. The number of benzene rings is 1. The highest BCUT2D eigenvalue weighted by atomic mass is 35.5. The first kappa shape index (κ1) is 14.6. The highest BCUT2D eigenvalue weighted by Crippen LogP contribution is 2.47. The molecule has 2 N–H and O–H groups in total. The van der Waals surface area contributed by atoms with E-state index in [2.05, 4.69) is 0 Å². The molecule has 0 spiro atoms. The van der Waals surface area contributed by atoms with Crippen LogP contribution in [-0.2, 0) is 0 Å². The number of phenols is 1. The van der Waals surface area contributed by atoms with Crippen molar-refractivity contribution in [3.63, 3.8) is 0 Å². The highest BCUT2D eigenvalue weighted by Gasteiger charge is 2.17. The smallest absolute Gasteiger partial charge is 0.155 e. The summed E-state index contributed by atoms with van der Waals surface area (Å²) in [6, 6.07) is 0. The number of hydrogen-bond acceptors (Lipinski definition) is 2. The van der Waals surface area contributed by atoms with Gasteiger partial charge >= 0.3 is 0 Å². The third-order valence-corrected chi connectivity index (χ3v) is 3.44. The summed E-state index contributed by atoms with van der Waals surface area (Å²) in [5.74, 6) is -0.363. The second-order valence-electron chi connectivity index (χ2n) is 1.92. The van der Waals surface area contributed by atoms with E-state index in [0.29, 0.717) is 10.5 Å². The SMILES string of the molecule is O[SiH3].Oc1c(Cl)c(Cl)c(Cl)c(Cl)c1Cl. The molecule has 0 saturated carbocycles. The molecule has 14 heavy (non-hydrogen) atoms. The van der Waals surface area contributed by atoms with Crippen molar-refractivity contribution in [2.24, 2.45) is 0 Å². The summed E-state index contributed by atoms with van der Waals surface area (Å²) < 4.78 is 0. The molecule has 0 bridgehead atoms. The quantitative estimate of drug-likeness (QED) is 0.439. The summed E-state index contributed by atoms with van der Waals surface area (Å²) >= 11 is 27.9. The van der Waals surface area contributed by atoms with Gasteiger partial charge in [-0.05, 0) is 0 Å². The number of halogens is 5. The van der Waals surface area contributed by atoms with Crippen LogP contribution in [0.5, 0.6) is 5.75 Å². The Morgan fingerprint density at radius 1 is 0.643 bits per heavy atom. The van der Waals surface area contributed by atoms with Crippen LogP contribution >= 0.6 is 58.0 Å². The fraction of sp³-hybridized carbons (Fsp3) is 0. The first-order valence-electron chi connectivity index (χ1n) is 3.12. The Hall–Kier alpha value is 0.647. The van der Waals surface area contributed by atoms with Crippen LogP contribution in [0.25, 0.3) is 0 Å². The molecule has 0 amide bonds. The standard InChI is InChI=1S/C6HCl5O.H4OSi/c7-1-2(8)4(10)6(12)5(11)3(1)9;1-2/h12H;1H,2H3. The molecule has 0 saturated heterocycles. The van der Waals surface area contributed by atoms with Crippen LogP contribution < -0.4 is 0 Å². The van der Waals surface area contributed by atoms with Gasteiger partial charge in [-0.15, -0.1) is 0 Å². The van der Waals surface area contributed by atoms with Gasteiger partial charge in [-0.2, -0.15) is 0 Å². The van der Waals surface area contributed by atoms with Gasteiger partial charge in [0.25, 0.3) is 0 Å². The largest absolute Gasteiger partial charge is 0.505 e. The fourth-order valence-electron chi connectivity index (χ4n) is 0.593. The van der Waals surface area contributed by atoms with E-state index in [4.69, 9.17) is 62.8 Å². The first-order chi connectivity index (χ1) is 6.46. The Kier molecular flexibility index (Phi) is 6.57. The van der Waals surface area contributed by atoms with Gasteiger partial charge in [0.15, 0.2) is 5.75 Å². The van der Waals surface area contributed by atoms with E-state index in [1.54, 1.807) is 0 Å². The van der Waals surface area contributed by atoms with E-state index in [-0.39, 0.29) is 30.9 Å². The molecule has 1 aromatic carbocycles. The summed E-state index contributed by atoms with van der Waals surface area (Å²) in [5.41, 5.74) is 0. The first-order valence-corrected chi connectivity index (χ1v) is 5.90. The van der Waals surface area contributed by atoms with Crippen LogP contribution in [0.3, 0.4) is 0 Å². The topological polar surface area (TPSA) is 40.5 Å². The van der Waals surface area contributed by atoms with Crippen molar-refractivity contribution >= 4 is 68.5 Å². The minimum Gasteiger partial charge on any atom is -0.505 e. The minimum atomic E-state index is -0.363. The van der Waals surface area contributed by atoms with Gasteiger partial charge in [0.2, 0.25) is 0 Å². The lowest BCUT2D eigenvalue weighted by Crippen LogP contribution is -1.78. The summed E-state index contributed by atoms with van der Waals surface area (Å²) in [6.45, 7) is 0. The zero-order valence-electron chi connectivity index (χ0n) is 6.78. The Balaban J connectivity index is 0.000000791. The van der Waals surface area contributed by atoms with E-state index in [1.807, 2.05) is 0 Å². The fourth-order valence-corrected chi connectivity index (χ4v) is 1.72. The van der Waals surface area contributed by atoms with Gasteiger partial charge in [0.1, 0.15) is 20.5 Å². The molecule has 0 heterocycles. The molecule has 0 unspecified atom stereocenters. The predicted molar refractivity (Wildman–Crippen MR) is 65.3 cm³/mol. The number of aromatic hydroxyl groups is 1. The molecule has 0 aliphatic heterocycles. The predicted octanol–water partition coefficient (Wildman–Crippen LogP) is 2.92. The normalized spacial score (nSPS) is 9.57. The zero-order chi connectivity index (χ0) is 11.5. The van der Waals surface area contributed by atoms with Crippen molar-refractivity contribution in [3.05, 3.63) is 25.1 Å².